The molecule has 2 N–H and O–H groups in total. The normalized spacial score (nSPS) is 16.2. The lowest BCUT2D eigenvalue weighted by atomic mass is 10.1. The van der Waals surface area contributed by atoms with Gasteiger partial charge in [-0.2, -0.15) is 0 Å². The summed E-state index contributed by atoms with van der Waals surface area (Å²) in [5.41, 5.74) is 0.862. The fraction of sp³-hybridized carbons (Fsp3) is 0.273. The number of alkyl halides is 1. The zero-order valence-electron chi connectivity index (χ0n) is 8.77. The van der Waals surface area contributed by atoms with Crippen molar-refractivity contribution in [1.29, 1.82) is 0 Å². The van der Waals surface area contributed by atoms with Crippen molar-refractivity contribution in [3.05, 3.63) is 23.8 Å². The second-order valence-corrected chi connectivity index (χ2v) is 4.04. The van der Waals surface area contributed by atoms with Crippen LogP contribution < -0.4 is 10.1 Å². The summed E-state index contributed by atoms with van der Waals surface area (Å²) in [6, 6.07) is 4.70. The summed E-state index contributed by atoms with van der Waals surface area (Å²) in [7, 11) is 0. The lowest BCUT2D eigenvalue weighted by molar-refractivity contribution is -0.136. The minimum atomic E-state index is -1.14. The molecule has 0 saturated heterocycles. The van der Waals surface area contributed by atoms with E-state index in [0.29, 0.717) is 23.6 Å². The third kappa shape index (κ3) is 2.50. The Morgan fingerprint density at radius 3 is 3.00 bits per heavy atom. The van der Waals surface area contributed by atoms with Gasteiger partial charge < -0.3 is 15.2 Å². The number of ether oxygens (including phenoxy) is 1. The van der Waals surface area contributed by atoms with Crippen LogP contribution in [0.1, 0.15) is 17.4 Å². The largest absolute Gasteiger partial charge is 0.491 e. The lowest BCUT2D eigenvalue weighted by Gasteiger charge is -2.10. The van der Waals surface area contributed by atoms with Crippen LogP contribution in [0.5, 0.6) is 5.75 Å². The predicted molar refractivity (Wildman–Crippen MR) is 61.4 cm³/mol. The van der Waals surface area contributed by atoms with Crippen LogP contribution in [0.15, 0.2) is 18.2 Å². The van der Waals surface area contributed by atoms with Gasteiger partial charge in [-0.15, -0.1) is 11.6 Å². The molecule has 0 spiro atoms. The minimum absolute atomic E-state index is 0.164. The second-order valence-electron chi connectivity index (χ2n) is 3.60. The van der Waals surface area contributed by atoms with E-state index in [9.17, 15) is 9.59 Å². The molecule has 1 aliphatic rings. The van der Waals surface area contributed by atoms with Crippen molar-refractivity contribution in [2.45, 2.75) is 11.8 Å². The molecule has 1 aliphatic heterocycles. The summed E-state index contributed by atoms with van der Waals surface area (Å²) in [4.78, 5) is 22.1. The standard InChI is InChI=1S/C11H10ClNO4/c12-10(11(15)16)6-1-2-8-7(5-6)13-9(14)3-4-17-8/h1-2,5,10H,3-4H2,(H,13,14)(H,15,16). The Bertz CT molecular complexity index is 475. The number of halogens is 1. The van der Waals surface area contributed by atoms with Crippen LogP contribution >= 0.6 is 11.6 Å². The van der Waals surface area contributed by atoms with Gasteiger partial charge in [-0.3, -0.25) is 9.59 Å². The van der Waals surface area contributed by atoms with Gasteiger partial charge in [-0.25, -0.2) is 0 Å². The van der Waals surface area contributed by atoms with Crippen LogP contribution in [0.25, 0.3) is 0 Å². The molecule has 1 unspecified atom stereocenters. The van der Waals surface area contributed by atoms with Crippen LogP contribution in [0.4, 0.5) is 5.69 Å². The van der Waals surface area contributed by atoms with Gasteiger partial charge in [-0.05, 0) is 17.7 Å². The molecule has 90 valence electrons. The number of anilines is 1. The van der Waals surface area contributed by atoms with E-state index in [2.05, 4.69) is 5.32 Å². The zero-order valence-corrected chi connectivity index (χ0v) is 9.53. The smallest absolute Gasteiger partial charge is 0.326 e. The van der Waals surface area contributed by atoms with Crippen molar-refractivity contribution in [2.24, 2.45) is 0 Å². The van der Waals surface area contributed by atoms with E-state index in [-0.39, 0.29) is 12.3 Å². The number of amides is 1. The fourth-order valence-electron chi connectivity index (χ4n) is 1.54. The van der Waals surface area contributed by atoms with Gasteiger partial charge in [-0.1, -0.05) is 6.07 Å². The van der Waals surface area contributed by atoms with Crippen molar-refractivity contribution in [3.8, 4) is 5.75 Å². The average molecular weight is 256 g/mol. The lowest BCUT2D eigenvalue weighted by Crippen LogP contribution is -2.11. The number of aliphatic carboxylic acids is 1. The molecule has 0 aromatic heterocycles. The summed E-state index contributed by atoms with van der Waals surface area (Å²) < 4.78 is 5.34. The first kappa shape index (κ1) is 11.7. The monoisotopic (exact) mass is 255 g/mol. The molecule has 1 atom stereocenters. The highest BCUT2D eigenvalue weighted by Crippen LogP contribution is 2.32. The van der Waals surface area contributed by atoms with E-state index in [1.54, 1.807) is 12.1 Å². The third-order valence-electron chi connectivity index (χ3n) is 2.37. The Kier molecular flexibility index (Phi) is 3.19. The van der Waals surface area contributed by atoms with Gasteiger partial charge >= 0.3 is 5.97 Å². The van der Waals surface area contributed by atoms with E-state index < -0.39 is 11.3 Å². The second kappa shape index (κ2) is 4.63. The minimum Gasteiger partial charge on any atom is -0.491 e. The number of fused-ring (bicyclic) bond motifs is 1. The summed E-state index contributed by atoms with van der Waals surface area (Å²) in [6.45, 7) is 0.307. The van der Waals surface area contributed by atoms with Crippen molar-refractivity contribution in [1.82, 2.24) is 0 Å². The molecule has 0 saturated carbocycles. The number of rotatable bonds is 2. The maximum absolute atomic E-state index is 11.3. The van der Waals surface area contributed by atoms with Crippen molar-refractivity contribution >= 4 is 29.2 Å². The summed E-state index contributed by atoms with van der Waals surface area (Å²) >= 11 is 5.71. The van der Waals surface area contributed by atoms with E-state index in [1.165, 1.54) is 6.07 Å². The predicted octanol–water partition coefficient (Wildman–Crippen LogP) is 1.77. The van der Waals surface area contributed by atoms with Gasteiger partial charge in [0.25, 0.3) is 0 Å². The van der Waals surface area contributed by atoms with Gasteiger partial charge in [0.2, 0.25) is 5.91 Å². The first-order chi connectivity index (χ1) is 8.08. The number of carbonyl (C=O) groups excluding carboxylic acids is 1. The van der Waals surface area contributed by atoms with Crippen LogP contribution in [-0.4, -0.2) is 23.6 Å². The van der Waals surface area contributed by atoms with Crippen molar-refractivity contribution in [3.63, 3.8) is 0 Å². The molecule has 1 heterocycles. The maximum Gasteiger partial charge on any atom is 0.326 e. The number of carboxylic acids is 1. The number of carboxylic acid groups (broad SMARTS) is 1. The number of nitrogens with one attached hydrogen (secondary N) is 1. The zero-order chi connectivity index (χ0) is 12.4. The highest BCUT2D eigenvalue weighted by molar-refractivity contribution is 6.29. The number of carbonyl (C=O) groups is 2. The Morgan fingerprint density at radius 1 is 1.53 bits per heavy atom. The van der Waals surface area contributed by atoms with E-state index in [4.69, 9.17) is 21.4 Å². The van der Waals surface area contributed by atoms with Crippen LogP contribution in [-0.2, 0) is 9.59 Å². The van der Waals surface area contributed by atoms with Gasteiger partial charge in [0.05, 0.1) is 18.7 Å². The Hall–Kier alpha value is -1.75. The van der Waals surface area contributed by atoms with E-state index in [1.807, 2.05) is 0 Å². The Morgan fingerprint density at radius 2 is 2.29 bits per heavy atom. The molecule has 0 fully saturated rings. The molecule has 1 amide bonds. The summed E-state index contributed by atoms with van der Waals surface area (Å²) in [5.74, 6) is -0.774. The van der Waals surface area contributed by atoms with Crippen LogP contribution in [0, 0.1) is 0 Å². The molecule has 1 aromatic rings. The molecule has 0 aliphatic carbocycles. The van der Waals surface area contributed by atoms with Crippen molar-refractivity contribution < 1.29 is 19.4 Å². The number of hydrogen-bond acceptors (Lipinski definition) is 3. The van der Waals surface area contributed by atoms with Crippen LogP contribution in [0.2, 0.25) is 0 Å². The van der Waals surface area contributed by atoms with E-state index in [0.717, 1.165) is 0 Å². The van der Waals surface area contributed by atoms with Gasteiger partial charge in [0, 0.05) is 0 Å². The van der Waals surface area contributed by atoms with Gasteiger partial charge in [0.1, 0.15) is 5.75 Å². The van der Waals surface area contributed by atoms with Crippen LogP contribution in [0.3, 0.4) is 0 Å². The summed E-state index contributed by atoms with van der Waals surface area (Å²) in [6.07, 6.45) is 0.271. The fourth-order valence-corrected chi connectivity index (χ4v) is 1.67. The molecule has 0 bridgehead atoms. The molecule has 6 heteroatoms. The van der Waals surface area contributed by atoms with Crippen molar-refractivity contribution in [2.75, 3.05) is 11.9 Å². The number of hydrogen-bond donors (Lipinski definition) is 2. The number of benzene rings is 1. The Balaban J connectivity index is 2.35. The quantitative estimate of drug-likeness (QED) is 0.790. The highest BCUT2D eigenvalue weighted by atomic mass is 35.5. The SMILES string of the molecule is O=C1CCOc2ccc(C(Cl)C(=O)O)cc2N1. The average Bonchev–Trinajstić information content (AvgIpc) is 2.47. The molecule has 17 heavy (non-hydrogen) atoms. The highest BCUT2D eigenvalue weighted by Gasteiger charge is 2.20. The third-order valence-corrected chi connectivity index (χ3v) is 2.81. The molecule has 2 rings (SSSR count). The maximum atomic E-state index is 11.3. The molecular weight excluding hydrogens is 246 g/mol. The molecule has 1 aromatic carbocycles. The summed E-state index contributed by atoms with van der Waals surface area (Å²) in [5, 5.41) is 10.3. The van der Waals surface area contributed by atoms with E-state index >= 15 is 0 Å². The molecular formula is C11H10ClNO4. The molecule has 0 radical (unpaired) electrons. The van der Waals surface area contributed by atoms with Gasteiger partial charge in [0.15, 0.2) is 5.38 Å². The molecule has 5 nitrogen and oxygen atoms in total. The topological polar surface area (TPSA) is 75.6 Å². The first-order valence-electron chi connectivity index (χ1n) is 5.01. The Labute approximate surface area is 102 Å². The first-order valence-corrected chi connectivity index (χ1v) is 5.45.